The largest absolute Gasteiger partial charge is 0.388 e. The fourth-order valence-corrected chi connectivity index (χ4v) is 2.95. The number of aromatic nitrogens is 2. The molecule has 6 heteroatoms. The zero-order chi connectivity index (χ0) is 14.2. The molecule has 1 saturated carbocycles. The molecule has 1 fully saturated rings. The van der Waals surface area contributed by atoms with Crippen molar-refractivity contribution in [1.82, 2.24) is 14.7 Å². The summed E-state index contributed by atoms with van der Waals surface area (Å²) in [5.74, 6) is -0.227. The number of thioether (sulfide) groups is 1. The van der Waals surface area contributed by atoms with E-state index in [2.05, 4.69) is 10.3 Å². The van der Waals surface area contributed by atoms with Crippen LogP contribution < -0.4 is 5.32 Å². The average molecular weight is 291 g/mol. The van der Waals surface area contributed by atoms with E-state index in [9.17, 15) is 9.90 Å². The van der Waals surface area contributed by atoms with Gasteiger partial charge in [-0.25, -0.2) is 4.98 Å². The number of hydrogen-bond acceptors (Lipinski definition) is 4. The second kappa shape index (κ2) is 5.10. The van der Waals surface area contributed by atoms with Gasteiger partial charge in [-0.1, -0.05) is 17.8 Å². The molecule has 2 N–H and O–H groups in total. The van der Waals surface area contributed by atoms with Gasteiger partial charge in [0.1, 0.15) is 0 Å². The zero-order valence-corrected chi connectivity index (χ0v) is 12.1. The Kier molecular flexibility index (Phi) is 3.43. The van der Waals surface area contributed by atoms with Crippen molar-refractivity contribution in [3.8, 4) is 0 Å². The van der Waals surface area contributed by atoms with Crippen LogP contribution in [0.25, 0.3) is 5.52 Å². The lowest BCUT2D eigenvalue weighted by atomic mass is 9.80. The maximum absolute atomic E-state index is 12.3. The second-order valence-corrected chi connectivity index (χ2v) is 5.94. The third kappa shape index (κ3) is 2.29. The van der Waals surface area contributed by atoms with E-state index in [4.69, 9.17) is 0 Å². The van der Waals surface area contributed by atoms with Gasteiger partial charge in [0.05, 0.1) is 11.1 Å². The summed E-state index contributed by atoms with van der Waals surface area (Å²) >= 11 is 1.50. The molecule has 0 radical (unpaired) electrons. The topological polar surface area (TPSA) is 66.6 Å². The van der Waals surface area contributed by atoms with Crippen LogP contribution in [0, 0.1) is 0 Å². The summed E-state index contributed by atoms with van der Waals surface area (Å²) in [5, 5.41) is 13.6. The summed E-state index contributed by atoms with van der Waals surface area (Å²) in [6.07, 6.45) is 6.36. The maximum atomic E-state index is 12.3. The van der Waals surface area contributed by atoms with Crippen LogP contribution in [0.1, 0.15) is 29.8 Å². The van der Waals surface area contributed by atoms with E-state index in [1.54, 1.807) is 0 Å². The van der Waals surface area contributed by atoms with Crippen molar-refractivity contribution in [2.75, 3.05) is 12.8 Å². The van der Waals surface area contributed by atoms with Gasteiger partial charge in [0, 0.05) is 12.7 Å². The molecule has 1 aliphatic carbocycles. The van der Waals surface area contributed by atoms with Crippen molar-refractivity contribution in [3.63, 3.8) is 0 Å². The van der Waals surface area contributed by atoms with Crippen LogP contribution >= 0.6 is 11.8 Å². The lowest BCUT2D eigenvalue weighted by Gasteiger charge is -2.36. The molecule has 20 heavy (non-hydrogen) atoms. The number of hydrogen-bond donors (Lipinski definition) is 2. The molecule has 0 aliphatic heterocycles. The Labute approximate surface area is 121 Å². The molecule has 1 aliphatic rings. The number of carbonyl (C=O) groups excluding carboxylic acids is 1. The van der Waals surface area contributed by atoms with Gasteiger partial charge < -0.3 is 10.4 Å². The number of pyridine rings is 1. The third-order valence-electron chi connectivity index (χ3n) is 3.78. The average Bonchev–Trinajstić information content (AvgIpc) is 2.81. The molecule has 0 spiro atoms. The molecule has 5 nitrogen and oxygen atoms in total. The third-order valence-corrected chi connectivity index (χ3v) is 4.43. The molecule has 106 valence electrons. The van der Waals surface area contributed by atoms with Gasteiger partial charge in [-0.15, -0.1) is 0 Å². The number of nitrogens with one attached hydrogen (secondary N) is 1. The van der Waals surface area contributed by atoms with Crippen LogP contribution in [0.3, 0.4) is 0 Å². The smallest absolute Gasteiger partial charge is 0.272 e. The molecule has 2 aromatic rings. The van der Waals surface area contributed by atoms with Gasteiger partial charge in [0.25, 0.3) is 5.91 Å². The Morgan fingerprint density at radius 3 is 3.00 bits per heavy atom. The number of nitrogens with zero attached hydrogens (tertiary/aromatic N) is 2. The first kappa shape index (κ1) is 13.5. The fourth-order valence-electron chi connectivity index (χ4n) is 2.41. The van der Waals surface area contributed by atoms with Crippen molar-refractivity contribution in [2.24, 2.45) is 0 Å². The van der Waals surface area contributed by atoms with E-state index in [-0.39, 0.29) is 5.91 Å². The first-order valence-corrected chi connectivity index (χ1v) is 7.87. The number of amides is 1. The van der Waals surface area contributed by atoms with Crippen LogP contribution in [-0.2, 0) is 0 Å². The number of carbonyl (C=O) groups is 1. The molecule has 1 amide bonds. The van der Waals surface area contributed by atoms with E-state index in [0.717, 1.165) is 29.9 Å². The molecule has 2 aromatic heterocycles. The van der Waals surface area contributed by atoms with Gasteiger partial charge in [0.15, 0.2) is 10.9 Å². The molecule has 0 aromatic carbocycles. The Bertz CT molecular complexity index is 649. The Balaban J connectivity index is 1.84. The summed E-state index contributed by atoms with van der Waals surface area (Å²) in [7, 11) is 0. The van der Waals surface area contributed by atoms with Crippen molar-refractivity contribution in [3.05, 3.63) is 30.1 Å². The van der Waals surface area contributed by atoms with Crippen LogP contribution in [-0.4, -0.2) is 38.8 Å². The van der Waals surface area contributed by atoms with Crippen molar-refractivity contribution < 1.29 is 9.90 Å². The van der Waals surface area contributed by atoms with Gasteiger partial charge >= 0.3 is 0 Å². The summed E-state index contributed by atoms with van der Waals surface area (Å²) in [6, 6.07) is 5.67. The van der Waals surface area contributed by atoms with Crippen LogP contribution in [0.5, 0.6) is 0 Å². The molecular weight excluding hydrogens is 274 g/mol. The normalized spacial score (nSPS) is 16.9. The lowest BCUT2D eigenvalue weighted by molar-refractivity contribution is -0.0300. The first-order valence-electron chi connectivity index (χ1n) is 6.65. The highest BCUT2D eigenvalue weighted by molar-refractivity contribution is 7.98. The minimum Gasteiger partial charge on any atom is -0.388 e. The molecule has 0 unspecified atom stereocenters. The number of rotatable bonds is 4. The van der Waals surface area contributed by atoms with Crippen LogP contribution in [0.2, 0.25) is 0 Å². The van der Waals surface area contributed by atoms with Crippen molar-refractivity contribution >= 4 is 23.2 Å². The van der Waals surface area contributed by atoms with Gasteiger partial charge in [0.2, 0.25) is 0 Å². The Morgan fingerprint density at radius 2 is 2.35 bits per heavy atom. The lowest BCUT2D eigenvalue weighted by Crippen LogP contribution is -2.47. The molecule has 0 atom stereocenters. The second-order valence-electron chi connectivity index (χ2n) is 5.16. The highest BCUT2D eigenvalue weighted by Gasteiger charge is 2.34. The zero-order valence-electron chi connectivity index (χ0n) is 11.3. The van der Waals surface area contributed by atoms with E-state index in [1.807, 2.05) is 35.1 Å². The van der Waals surface area contributed by atoms with Crippen LogP contribution in [0.4, 0.5) is 0 Å². The Hall–Kier alpha value is -1.53. The first-order chi connectivity index (χ1) is 9.63. The summed E-state index contributed by atoms with van der Waals surface area (Å²) in [4.78, 5) is 16.7. The predicted octanol–water partition coefficient (Wildman–Crippen LogP) is 1.70. The van der Waals surface area contributed by atoms with E-state index in [0.29, 0.717) is 12.2 Å². The Morgan fingerprint density at radius 1 is 1.55 bits per heavy atom. The molecule has 0 saturated heterocycles. The molecule has 0 bridgehead atoms. The quantitative estimate of drug-likeness (QED) is 0.842. The van der Waals surface area contributed by atoms with Gasteiger partial charge in [-0.05, 0) is 37.7 Å². The summed E-state index contributed by atoms with van der Waals surface area (Å²) in [5.41, 5.74) is 0.487. The molecule has 3 rings (SSSR count). The molecule has 2 heterocycles. The standard InChI is InChI=1S/C14H17N3O2S/c1-20-13-16-11(10-5-2-3-8-17(10)13)12(18)15-9-14(19)6-4-7-14/h2-3,5,8,19H,4,6-7,9H2,1H3,(H,15,18). The van der Waals surface area contributed by atoms with Crippen molar-refractivity contribution in [2.45, 2.75) is 30.0 Å². The van der Waals surface area contributed by atoms with Gasteiger partial charge in [-0.2, -0.15) is 0 Å². The SMILES string of the molecule is CSc1nc(C(=O)NCC2(O)CCC2)c2ccccn12. The number of fused-ring (bicyclic) bond motifs is 1. The summed E-state index contributed by atoms with van der Waals surface area (Å²) in [6.45, 7) is 0.298. The monoisotopic (exact) mass is 291 g/mol. The van der Waals surface area contributed by atoms with Crippen molar-refractivity contribution in [1.29, 1.82) is 0 Å². The fraction of sp³-hybridized carbons (Fsp3) is 0.429. The minimum absolute atomic E-state index is 0.227. The van der Waals surface area contributed by atoms with E-state index in [1.165, 1.54) is 11.8 Å². The van der Waals surface area contributed by atoms with Gasteiger partial charge in [-0.3, -0.25) is 9.20 Å². The minimum atomic E-state index is -0.715. The predicted molar refractivity (Wildman–Crippen MR) is 78.1 cm³/mol. The van der Waals surface area contributed by atoms with Crippen LogP contribution in [0.15, 0.2) is 29.6 Å². The maximum Gasteiger partial charge on any atom is 0.272 e. The number of aliphatic hydroxyl groups is 1. The summed E-state index contributed by atoms with van der Waals surface area (Å²) < 4.78 is 1.90. The highest BCUT2D eigenvalue weighted by atomic mass is 32.2. The van der Waals surface area contributed by atoms with E-state index < -0.39 is 5.60 Å². The highest BCUT2D eigenvalue weighted by Crippen LogP contribution is 2.30. The number of imidazole rings is 1. The molecular formula is C14H17N3O2S. The van der Waals surface area contributed by atoms with E-state index >= 15 is 0 Å².